The van der Waals surface area contributed by atoms with Crippen molar-refractivity contribution in [3.63, 3.8) is 0 Å². The Labute approximate surface area is 254 Å². The van der Waals surface area contributed by atoms with E-state index in [0.29, 0.717) is 24.1 Å². The van der Waals surface area contributed by atoms with Crippen molar-refractivity contribution in [3.8, 4) is 0 Å². The fraction of sp³-hybridized carbons (Fsp3) is 0.375. The summed E-state index contributed by atoms with van der Waals surface area (Å²) in [7, 11) is 0. The Bertz CT molecular complexity index is 1480. The standard InChI is InChI=1S/C32H35Cl2F2N3O3/c1-5-20(30(41)42)17-9-12-19(13-10-17)38-29(40)28-26(21-7-6-8-23(34)27(21)36)32(37,25(39-28)16-31(2,3)4)22-14-11-18(33)15-24(22)35/h6-15,20,25-26,28,39H,5,16,37H2,1-4H3,(H,38,40)(H,41,42). The van der Waals surface area contributed by atoms with E-state index in [1.165, 1.54) is 24.3 Å². The van der Waals surface area contributed by atoms with E-state index in [-0.39, 0.29) is 26.6 Å². The molecule has 0 aliphatic carbocycles. The molecule has 1 aliphatic heterocycles. The van der Waals surface area contributed by atoms with Crippen LogP contribution >= 0.6 is 23.2 Å². The van der Waals surface area contributed by atoms with E-state index >= 15 is 8.78 Å². The molecule has 0 aromatic heterocycles. The molecule has 4 rings (SSSR count). The van der Waals surface area contributed by atoms with Gasteiger partial charge in [0.25, 0.3) is 0 Å². The first kappa shape index (κ1) is 31.9. The van der Waals surface area contributed by atoms with Crippen LogP contribution in [0.4, 0.5) is 14.5 Å². The number of hydrogen-bond donors (Lipinski definition) is 4. The van der Waals surface area contributed by atoms with Crippen LogP contribution in [-0.4, -0.2) is 29.1 Å². The molecule has 6 nitrogen and oxygen atoms in total. The van der Waals surface area contributed by atoms with Crippen molar-refractivity contribution in [2.45, 2.75) is 70.0 Å². The van der Waals surface area contributed by atoms with Crippen molar-refractivity contribution in [2.24, 2.45) is 11.1 Å². The van der Waals surface area contributed by atoms with Gasteiger partial charge in [-0.1, -0.05) is 81.2 Å². The number of benzene rings is 3. The lowest BCUT2D eigenvalue weighted by molar-refractivity contribution is -0.138. The van der Waals surface area contributed by atoms with Crippen LogP contribution in [0.25, 0.3) is 0 Å². The summed E-state index contributed by atoms with van der Waals surface area (Å²) in [4.78, 5) is 25.5. The molecule has 1 fully saturated rings. The minimum Gasteiger partial charge on any atom is -0.481 e. The Kier molecular flexibility index (Phi) is 9.33. The number of nitrogens with one attached hydrogen (secondary N) is 2. The molecule has 3 aromatic rings. The van der Waals surface area contributed by atoms with Crippen LogP contribution in [0, 0.1) is 17.0 Å². The number of carbonyl (C=O) groups is 2. The lowest BCUT2D eigenvalue weighted by Crippen LogP contribution is -2.52. The number of amides is 1. The molecule has 1 aliphatic rings. The van der Waals surface area contributed by atoms with E-state index in [9.17, 15) is 14.7 Å². The van der Waals surface area contributed by atoms with Crippen molar-refractivity contribution < 1.29 is 23.5 Å². The number of rotatable bonds is 8. The molecule has 1 heterocycles. The Morgan fingerprint density at radius 3 is 2.33 bits per heavy atom. The van der Waals surface area contributed by atoms with Crippen LogP contribution in [-0.2, 0) is 15.1 Å². The van der Waals surface area contributed by atoms with E-state index in [0.717, 1.165) is 6.07 Å². The van der Waals surface area contributed by atoms with Crippen LogP contribution in [0.5, 0.6) is 0 Å². The summed E-state index contributed by atoms with van der Waals surface area (Å²) in [6.45, 7) is 7.78. The first-order chi connectivity index (χ1) is 19.7. The summed E-state index contributed by atoms with van der Waals surface area (Å²) in [6, 6.07) is 13.4. The van der Waals surface area contributed by atoms with Crippen LogP contribution in [0.3, 0.4) is 0 Å². The van der Waals surface area contributed by atoms with Gasteiger partial charge in [-0.25, -0.2) is 8.78 Å². The smallest absolute Gasteiger partial charge is 0.310 e. The highest BCUT2D eigenvalue weighted by molar-refractivity contribution is 6.31. The van der Waals surface area contributed by atoms with E-state index in [1.807, 2.05) is 20.8 Å². The monoisotopic (exact) mass is 617 g/mol. The lowest BCUT2D eigenvalue weighted by atomic mass is 9.68. The molecule has 0 radical (unpaired) electrons. The van der Waals surface area contributed by atoms with Crippen LogP contribution < -0.4 is 16.4 Å². The number of carboxylic acid groups (broad SMARTS) is 1. The molecule has 42 heavy (non-hydrogen) atoms. The SMILES string of the molecule is CCC(C(=O)O)c1ccc(NC(=O)C2NC(CC(C)(C)C)C(N)(c3ccc(Cl)cc3F)C2c2cccc(Cl)c2F)cc1. The van der Waals surface area contributed by atoms with Gasteiger partial charge in [0.15, 0.2) is 0 Å². The van der Waals surface area contributed by atoms with Crippen molar-refractivity contribution >= 4 is 40.8 Å². The molecule has 1 saturated heterocycles. The summed E-state index contributed by atoms with van der Waals surface area (Å²) in [5.41, 5.74) is 6.50. The molecule has 0 saturated carbocycles. The number of nitrogens with two attached hydrogens (primary N) is 1. The van der Waals surface area contributed by atoms with Crippen molar-refractivity contribution in [1.29, 1.82) is 0 Å². The number of hydrogen-bond acceptors (Lipinski definition) is 4. The van der Waals surface area contributed by atoms with Gasteiger partial charge in [-0.05, 0) is 59.7 Å². The van der Waals surface area contributed by atoms with Crippen molar-refractivity contribution in [2.75, 3.05) is 5.32 Å². The van der Waals surface area contributed by atoms with Crippen LogP contribution in [0.1, 0.15) is 69.1 Å². The van der Waals surface area contributed by atoms with Crippen molar-refractivity contribution in [1.82, 2.24) is 5.32 Å². The van der Waals surface area contributed by atoms with Gasteiger partial charge in [0.05, 0.1) is 22.5 Å². The quantitative estimate of drug-likeness (QED) is 0.214. The van der Waals surface area contributed by atoms with Gasteiger partial charge in [0, 0.05) is 28.2 Å². The maximum atomic E-state index is 15.7. The van der Waals surface area contributed by atoms with Gasteiger partial charge in [0.2, 0.25) is 5.91 Å². The number of carboxylic acids is 1. The first-order valence-corrected chi connectivity index (χ1v) is 14.5. The maximum Gasteiger partial charge on any atom is 0.310 e. The first-order valence-electron chi connectivity index (χ1n) is 13.7. The molecule has 1 amide bonds. The second-order valence-electron chi connectivity index (χ2n) is 12.0. The second kappa shape index (κ2) is 12.3. The molecule has 224 valence electrons. The molecule has 5 atom stereocenters. The summed E-state index contributed by atoms with van der Waals surface area (Å²) >= 11 is 12.3. The Balaban J connectivity index is 1.82. The maximum absolute atomic E-state index is 15.7. The van der Waals surface area contributed by atoms with Gasteiger partial charge in [0.1, 0.15) is 11.6 Å². The molecule has 5 unspecified atom stereocenters. The summed E-state index contributed by atoms with van der Waals surface area (Å²) < 4.78 is 31.3. The highest BCUT2D eigenvalue weighted by Gasteiger charge is 2.58. The lowest BCUT2D eigenvalue weighted by Gasteiger charge is -2.40. The normalized spacial score (nSPS) is 23.0. The highest BCUT2D eigenvalue weighted by Crippen LogP contribution is 2.50. The molecular weight excluding hydrogens is 583 g/mol. The zero-order valence-corrected chi connectivity index (χ0v) is 25.4. The zero-order chi connectivity index (χ0) is 31.0. The minimum absolute atomic E-state index is 0.0750. The van der Waals surface area contributed by atoms with Gasteiger partial charge in [-0.3, -0.25) is 9.59 Å². The third kappa shape index (κ3) is 6.32. The van der Waals surface area contributed by atoms with E-state index < -0.39 is 53.0 Å². The molecular formula is C32H35Cl2F2N3O3. The summed E-state index contributed by atoms with van der Waals surface area (Å²) in [5.74, 6) is -4.61. The average molecular weight is 619 g/mol. The Morgan fingerprint density at radius 1 is 1.10 bits per heavy atom. The van der Waals surface area contributed by atoms with E-state index in [2.05, 4.69) is 10.6 Å². The molecule has 5 N–H and O–H groups in total. The van der Waals surface area contributed by atoms with Gasteiger partial charge in [-0.15, -0.1) is 0 Å². The Hall–Kier alpha value is -3.04. The second-order valence-corrected chi connectivity index (χ2v) is 12.9. The molecule has 0 spiro atoms. The third-order valence-corrected chi connectivity index (χ3v) is 8.43. The number of carbonyl (C=O) groups excluding carboxylic acids is 1. The number of aliphatic carboxylic acids is 1. The minimum atomic E-state index is -1.59. The van der Waals surface area contributed by atoms with Crippen LogP contribution in [0.15, 0.2) is 60.7 Å². The van der Waals surface area contributed by atoms with E-state index in [4.69, 9.17) is 28.9 Å². The number of halogens is 4. The highest BCUT2D eigenvalue weighted by atomic mass is 35.5. The van der Waals surface area contributed by atoms with Crippen LogP contribution in [0.2, 0.25) is 10.0 Å². The third-order valence-electron chi connectivity index (χ3n) is 7.91. The zero-order valence-electron chi connectivity index (χ0n) is 23.9. The average Bonchev–Trinajstić information content (AvgIpc) is 3.18. The van der Waals surface area contributed by atoms with Gasteiger partial charge < -0.3 is 21.5 Å². The molecule has 3 aromatic carbocycles. The summed E-state index contributed by atoms with van der Waals surface area (Å²) in [6.07, 6.45) is 0.839. The van der Waals surface area contributed by atoms with Gasteiger partial charge in [-0.2, -0.15) is 0 Å². The Morgan fingerprint density at radius 2 is 1.76 bits per heavy atom. The fourth-order valence-electron chi connectivity index (χ4n) is 5.98. The molecule has 0 bridgehead atoms. The van der Waals surface area contributed by atoms with E-state index in [1.54, 1.807) is 37.3 Å². The fourth-order valence-corrected chi connectivity index (χ4v) is 6.32. The number of anilines is 1. The topological polar surface area (TPSA) is 104 Å². The predicted molar refractivity (Wildman–Crippen MR) is 162 cm³/mol. The largest absolute Gasteiger partial charge is 0.481 e. The molecule has 10 heteroatoms. The van der Waals surface area contributed by atoms with Crippen molar-refractivity contribution in [3.05, 3.63) is 99.0 Å². The van der Waals surface area contributed by atoms with Gasteiger partial charge >= 0.3 is 5.97 Å². The summed E-state index contributed by atoms with van der Waals surface area (Å²) in [5, 5.41) is 15.7. The predicted octanol–water partition coefficient (Wildman–Crippen LogP) is 7.20.